The summed E-state index contributed by atoms with van der Waals surface area (Å²) in [5.74, 6) is -30.5. The molecule has 0 aromatic heterocycles. The van der Waals surface area contributed by atoms with Crippen LogP contribution in [0.2, 0.25) is 0 Å². The molecule has 3 unspecified atom stereocenters. The van der Waals surface area contributed by atoms with Gasteiger partial charge in [0.2, 0.25) is 0 Å². The van der Waals surface area contributed by atoms with Gasteiger partial charge in [-0.25, -0.2) is 4.39 Å². The molecular weight excluding hydrogens is 371 g/mol. The fourth-order valence-corrected chi connectivity index (χ4v) is 3.02. The highest BCUT2D eigenvalue weighted by Gasteiger charge is 2.95. The molecule has 1 aromatic carbocycles. The van der Waals surface area contributed by atoms with Gasteiger partial charge in [0.05, 0.1) is 5.57 Å². The maximum Gasteiger partial charge on any atom is 0.373 e. The predicted molar refractivity (Wildman–Crippen MR) is 64.2 cm³/mol. The first-order chi connectivity index (χ1) is 11.1. The van der Waals surface area contributed by atoms with Crippen molar-refractivity contribution in [1.82, 2.24) is 0 Å². The Morgan fingerprint density at radius 2 is 1.24 bits per heavy atom. The molecule has 11 heteroatoms. The molecule has 0 amide bonds. The minimum Gasteiger partial charge on any atom is -0.354 e. The van der Waals surface area contributed by atoms with Crippen molar-refractivity contribution in [1.29, 1.82) is 0 Å². The van der Waals surface area contributed by atoms with Crippen LogP contribution in [0.3, 0.4) is 0 Å². The van der Waals surface area contributed by atoms with E-state index in [1.807, 2.05) is 0 Å². The van der Waals surface area contributed by atoms with Crippen molar-refractivity contribution in [3.8, 4) is 0 Å². The van der Waals surface area contributed by atoms with E-state index in [2.05, 4.69) is 0 Å². The van der Waals surface area contributed by atoms with Crippen LogP contribution in [0.1, 0.15) is 11.1 Å². The van der Waals surface area contributed by atoms with Gasteiger partial charge in [-0.1, -0.05) is 24.3 Å². The molecule has 0 saturated heterocycles. The molecule has 3 rings (SSSR count). The zero-order valence-electron chi connectivity index (χ0n) is 11.7. The molecule has 0 aliphatic heterocycles. The highest BCUT2D eigenvalue weighted by atomic mass is 19.3. The molecule has 138 valence electrons. The van der Waals surface area contributed by atoms with Crippen molar-refractivity contribution in [3.63, 3.8) is 0 Å². The molecule has 0 bridgehead atoms. The Morgan fingerprint density at radius 1 is 0.720 bits per heavy atom. The Hall–Kier alpha value is -1.75. The second kappa shape index (κ2) is 4.32. The first-order valence-corrected chi connectivity index (χ1v) is 6.55. The average molecular weight is 378 g/mol. The molecular formula is C14H7F9O2. The molecule has 1 aromatic rings. The van der Waals surface area contributed by atoms with E-state index in [4.69, 9.17) is 5.11 Å². The number of rotatable bonds is 0. The van der Waals surface area contributed by atoms with Crippen LogP contribution in [0.25, 0.3) is 6.08 Å². The smallest absolute Gasteiger partial charge is 0.354 e. The first kappa shape index (κ1) is 18.1. The zero-order valence-corrected chi connectivity index (χ0v) is 11.7. The Labute approximate surface area is 133 Å². The van der Waals surface area contributed by atoms with Crippen LogP contribution < -0.4 is 0 Å². The van der Waals surface area contributed by atoms with Crippen LogP contribution in [0.5, 0.6) is 0 Å². The number of hydrogen-bond donors (Lipinski definition) is 2. The Bertz CT molecular complexity index is 784. The number of halogens is 9. The van der Waals surface area contributed by atoms with Crippen LogP contribution in [0.4, 0.5) is 39.5 Å². The Kier molecular flexibility index (Phi) is 3.12. The van der Waals surface area contributed by atoms with E-state index in [1.54, 1.807) is 0 Å². The number of aliphatic hydroxyl groups is 2. The lowest BCUT2D eigenvalue weighted by Crippen LogP contribution is -2.81. The van der Waals surface area contributed by atoms with E-state index < -0.39 is 51.8 Å². The normalized spacial score (nSPS) is 40.7. The van der Waals surface area contributed by atoms with Gasteiger partial charge in [0, 0.05) is 5.56 Å². The van der Waals surface area contributed by atoms with E-state index >= 15 is 0 Å². The standard InChI is InChI=1S/C14H7F9O2/c15-9-8(5-6-3-1-2-4-7(6)10(9,16)17)11(18,24)13(21,22)14(23,25)12(9,19)20/h1-5,24-25H. The minimum absolute atomic E-state index is 0.177. The van der Waals surface area contributed by atoms with Gasteiger partial charge in [0.15, 0.2) is 0 Å². The van der Waals surface area contributed by atoms with E-state index in [-0.39, 0.29) is 6.08 Å². The molecule has 0 heterocycles. The molecule has 0 spiro atoms. The maximum atomic E-state index is 14.9. The fraction of sp³-hybridized carbons (Fsp3) is 0.429. The molecule has 2 aliphatic rings. The van der Waals surface area contributed by atoms with Crippen LogP contribution in [0.15, 0.2) is 29.8 Å². The predicted octanol–water partition coefficient (Wildman–Crippen LogP) is 3.48. The van der Waals surface area contributed by atoms with Crippen molar-refractivity contribution < 1.29 is 49.7 Å². The molecule has 3 atom stereocenters. The van der Waals surface area contributed by atoms with Gasteiger partial charge in [-0.3, -0.25) is 0 Å². The van der Waals surface area contributed by atoms with Gasteiger partial charge in [-0.15, -0.1) is 0 Å². The lowest BCUT2D eigenvalue weighted by Gasteiger charge is -2.55. The maximum absolute atomic E-state index is 14.9. The lowest BCUT2D eigenvalue weighted by molar-refractivity contribution is -0.454. The molecule has 1 saturated carbocycles. The summed E-state index contributed by atoms with van der Waals surface area (Å²) < 4.78 is 127. The van der Waals surface area contributed by atoms with Crippen molar-refractivity contribution in [2.75, 3.05) is 0 Å². The molecule has 2 aliphatic carbocycles. The number of fused-ring (bicyclic) bond motifs is 2. The Balaban J connectivity index is 2.49. The van der Waals surface area contributed by atoms with Gasteiger partial charge in [-0.05, 0) is 11.6 Å². The SMILES string of the molecule is OC1(F)C2=Cc3ccccc3C(F)(F)C2(F)C(F)(F)C(O)(F)C1(F)F. The van der Waals surface area contributed by atoms with Crippen molar-refractivity contribution >= 4 is 6.08 Å². The summed E-state index contributed by atoms with van der Waals surface area (Å²) in [7, 11) is 0. The fourth-order valence-electron chi connectivity index (χ4n) is 3.02. The largest absolute Gasteiger partial charge is 0.373 e. The monoisotopic (exact) mass is 378 g/mol. The van der Waals surface area contributed by atoms with Crippen molar-refractivity contribution in [3.05, 3.63) is 41.0 Å². The van der Waals surface area contributed by atoms with Crippen LogP contribution in [0, 0.1) is 0 Å². The van der Waals surface area contributed by atoms with Crippen LogP contribution in [-0.2, 0) is 5.92 Å². The highest BCUT2D eigenvalue weighted by Crippen LogP contribution is 2.70. The van der Waals surface area contributed by atoms with Gasteiger partial charge >= 0.3 is 29.5 Å². The molecule has 1 fully saturated rings. The summed E-state index contributed by atoms with van der Waals surface area (Å²) in [6.45, 7) is 0. The summed E-state index contributed by atoms with van der Waals surface area (Å²) in [6.07, 6.45) is -0.177. The van der Waals surface area contributed by atoms with Crippen LogP contribution >= 0.6 is 0 Å². The Morgan fingerprint density at radius 3 is 1.80 bits per heavy atom. The minimum atomic E-state index is -6.52. The summed E-state index contributed by atoms with van der Waals surface area (Å²) >= 11 is 0. The quantitative estimate of drug-likeness (QED) is 0.679. The third-order valence-electron chi connectivity index (χ3n) is 4.44. The lowest BCUT2D eigenvalue weighted by atomic mass is 9.63. The molecule has 2 nitrogen and oxygen atoms in total. The van der Waals surface area contributed by atoms with Gasteiger partial charge in [0.25, 0.3) is 5.67 Å². The molecule has 2 N–H and O–H groups in total. The van der Waals surface area contributed by atoms with Crippen LogP contribution in [-0.4, -0.2) is 39.4 Å². The third-order valence-corrected chi connectivity index (χ3v) is 4.44. The topological polar surface area (TPSA) is 40.5 Å². The second-order valence-corrected chi connectivity index (χ2v) is 5.77. The summed E-state index contributed by atoms with van der Waals surface area (Å²) in [5.41, 5.74) is -10.9. The number of hydrogen-bond acceptors (Lipinski definition) is 2. The van der Waals surface area contributed by atoms with Gasteiger partial charge in [0.1, 0.15) is 0 Å². The van der Waals surface area contributed by atoms with E-state index in [9.17, 15) is 44.6 Å². The van der Waals surface area contributed by atoms with Crippen molar-refractivity contribution in [2.24, 2.45) is 0 Å². The molecule has 0 radical (unpaired) electrons. The highest BCUT2D eigenvalue weighted by molar-refractivity contribution is 5.69. The average Bonchev–Trinajstić information content (AvgIpc) is 2.49. The summed E-state index contributed by atoms with van der Waals surface area (Å²) in [4.78, 5) is 0. The van der Waals surface area contributed by atoms with E-state index in [1.165, 1.54) is 0 Å². The first-order valence-electron chi connectivity index (χ1n) is 6.55. The summed E-state index contributed by atoms with van der Waals surface area (Å²) in [6, 6.07) is 3.05. The van der Waals surface area contributed by atoms with Gasteiger partial charge < -0.3 is 10.2 Å². The van der Waals surface area contributed by atoms with E-state index in [0.717, 1.165) is 18.2 Å². The third kappa shape index (κ3) is 1.57. The summed E-state index contributed by atoms with van der Waals surface area (Å²) in [5, 5.41) is 18.0. The van der Waals surface area contributed by atoms with Crippen molar-refractivity contribution in [2.45, 2.75) is 35.1 Å². The molecule has 25 heavy (non-hydrogen) atoms. The number of alkyl halides is 9. The number of benzene rings is 1. The zero-order chi connectivity index (χ0) is 19.3. The van der Waals surface area contributed by atoms with E-state index in [0.29, 0.717) is 6.07 Å². The second-order valence-electron chi connectivity index (χ2n) is 5.77. The van der Waals surface area contributed by atoms with Gasteiger partial charge in [-0.2, -0.15) is 35.1 Å².